The maximum Gasteiger partial charge on any atom is 0.125 e. The summed E-state index contributed by atoms with van der Waals surface area (Å²) in [6.07, 6.45) is 1.45. The Morgan fingerprint density at radius 2 is 1.68 bits per heavy atom. The Bertz CT molecular complexity index is 474. The smallest absolute Gasteiger partial charge is 0.125 e. The van der Waals surface area contributed by atoms with Crippen molar-refractivity contribution in [1.29, 1.82) is 0 Å². The lowest BCUT2D eigenvalue weighted by molar-refractivity contribution is 0.00973. The van der Waals surface area contributed by atoms with Crippen molar-refractivity contribution in [2.24, 2.45) is 0 Å². The van der Waals surface area contributed by atoms with Crippen molar-refractivity contribution in [3.63, 3.8) is 0 Å². The van der Waals surface area contributed by atoms with E-state index in [1.807, 2.05) is 6.92 Å². The fraction of sp³-hybridized carbons (Fsp3) is 0.684. The summed E-state index contributed by atoms with van der Waals surface area (Å²) < 4.78 is 5.65. The van der Waals surface area contributed by atoms with Gasteiger partial charge in [0, 0.05) is 5.56 Å². The van der Waals surface area contributed by atoms with E-state index in [0.717, 1.165) is 17.7 Å². The predicted molar refractivity (Wildman–Crippen MR) is 91.7 cm³/mol. The first-order chi connectivity index (χ1) is 10.2. The number of hydrogen-bond donors (Lipinski definition) is 2. The van der Waals surface area contributed by atoms with Crippen molar-refractivity contribution in [3.05, 3.63) is 28.8 Å². The highest BCUT2D eigenvalue weighted by Crippen LogP contribution is 2.36. The molecule has 0 bridgehead atoms. The quantitative estimate of drug-likeness (QED) is 0.806. The van der Waals surface area contributed by atoms with Crippen molar-refractivity contribution in [3.8, 4) is 5.75 Å². The average molecular weight is 308 g/mol. The highest BCUT2D eigenvalue weighted by atomic mass is 16.5. The maximum absolute atomic E-state index is 10.1. The molecule has 0 aliphatic carbocycles. The van der Waals surface area contributed by atoms with E-state index in [1.54, 1.807) is 7.11 Å². The van der Waals surface area contributed by atoms with Crippen molar-refractivity contribution in [1.82, 2.24) is 0 Å². The van der Waals surface area contributed by atoms with Gasteiger partial charge in [0.25, 0.3) is 0 Å². The fourth-order valence-electron chi connectivity index (χ4n) is 2.82. The van der Waals surface area contributed by atoms with E-state index in [9.17, 15) is 10.2 Å². The van der Waals surface area contributed by atoms with Crippen LogP contribution in [0.25, 0.3) is 0 Å². The number of ether oxygens (including phenoxy) is 1. The largest absolute Gasteiger partial charge is 0.496 e. The van der Waals surface area contributed by atoms with Crippen molar-refractivity contribution < 1.29 is 14.9 Å². The molecule has 0 aromatic heterocycles. The number of methoxy groups -OCH3 is 1. The van der Waals surface area contributed by atoms with Crippen LogP contribution in [0.2, 0.25) is 0 Å². The van der Waals surface area contributed by atoms with Gasteiger partial charge in [0.05, 0.1) is 19.3 Å². The van der Waals surface area contributed by atoms with Gasteiger partial charge in [0.2, 0.25) is 0 Å². The van der Waals surface area contributed by atoms with Crippen LogP contribution in [-0.2, 0) is 11.8 Å². The molecule has 0 saturated heterocycles. The van der Waals surface area contributed by atoms with E-state index < -0.39 is 12.2 Å². The van der Waals surface area contributed by atoms with Crippen LogP contribution in [0, 0.1) is 6.92 Å². The third-order valence-electron chi connectivity index (χ3n) is 4.06. The second kappa shape index (κ2) is 7.98. The molecule has 0 heterocycles. The van der Waals surface area contributed by atoms with Gasteiger partial charge in [-0.05, 0) is 37.2 Å². The third-order valence-corrected chi connectivity index (χ3v) is 4.06. The van der Waals surface area contributed by atoms with Gasteiger partial charge in [0.1, 0.15) is 5.75 Å². The van der Waals surface area contributed by atoms with Crippen LogP contribution in [0.1, 0.15) is 63.6 Å². The van der Waals surface area contributed by atoms with Crippen LogP contribution in [-0.4, -0.2) is 29.5 Å². The molecule has 0 amide bonds. The fourth-order valence-corrected chi connectivity index (χ4v) is 2.82. The molecule has 126 valence electrons. The first kappa shape index (κ1) is 19.0. The number of aliphatic hydroxyl groups is 2. The molecule has 0 spiro atoms. The van der Waals surface area contributed by atoms with Gasteiger partial charge in [-0.1, -0.05) is 51.8 Å². The minimum Gasteiger partial charge on any atom is -0.496 e. The summed E-state index contributed by atoms with van der Waals surface area (Å²) in [7, 11) is 1.70. The van der Waals surface area contributed by atoms with Gasteiger partial charge in [-0.3, -0.25) is 0 Å². The van der Waals surface area contributed by atoms with Crippen LogP contribution in [0.4, 0.5) is 0 Å². The van der Waals surface area contributed by atoms with Gasteiger partial charge in [-0.25, -0.2) is 0 Å². The van der Waals surface area contributed by atoms with Crippen molar-refractivity contribution in [2.45, 2.75) is 77.9 Å². The molecule has 22 heavy (non-hydrogen) atoms. The lowest BCUT2D eigenvalue weighted by atomic mass is 9.83. The summed E-state index contributed by atoms with van der Waals surface area (Å²) in [5.41, 5.74) is 3.50. The lowest BCUT2D eigenvalue weighted by Gasteiger charge is -2.25. The van der Waals surface area contributed by atoms with Crippen LogP contribution in [0.5, 0.6) is 5.75 Å². The minimum atomic E-state index is -0.678. The Labute approximate surface area is 135 Å². The van der Waals surface area contributed by atoms with Crippen LogP contribution >= 0.6 is 0 Å². The summed E-state index contributed by atoms with van der Waals surface area (Å²) in [5.74, 6) is 0.912. The summed E-state index contributed by atoms with van der Waals surface area (Å²) in [5, 5.41) is 20.0. The zero-order chi connectivity index (χ0) is 16.9. The van der Waals surface area contributed by atoms with Crippen molar-refractivity contribution in [2.75, 3.05) is 7.11 Å². The molecule has 1 rings (SSSR count). The molecular formula is C19H32O3. The molecule has 0 aliphatic rings. The second-order valence-electron chi connectivity index (χ2n) is 7.22. The molecule has 2 N–H and O–H groups in total. The number of rotatable bonds is 7. The van der Waals surface area contributed by atoms with Gasteiger partial charge in [-0.15, -0.1) is 0 Å². The van der Waals surface area contributed by atoms with Gasteiger partial charge < -0.3 is 14.9 Å². The zero-order valence-corrected chi connectivity index (χ0v) is 14.9. The Balaban J connectivity index is 2.97. The number of hydrogen-bond acceptors (Lipinski definition) is 3. The van der Waals surface area contributed by atoms with Gasteiger partial charge in [0.15, 0.2) is 0 Å². The van der Waals surface area contributed by atoms with Crippen LogP contribution in [0.15, 0.2) is 12.1 Å². The Morgan fingerprint density at radius 3 is 2.18 bits per heavy atom. The summed E-state index contributed by atoms with van der Waals surface area (Å²) in [6, 6.07) is 4.29. The molecule has 2 atom stereocenters. The molecule has 1 aromatic carbocycles. The molecule has 0 saturated carbocycles. The van der Waals surface area contributed by atoms with E-state index in [4.69, 9.17) is 4.74 Å². The zero-order valence-electron chi connectivity index (χ0n) is 14.9. The summed E-state index contributed by atoms with van der Waals surface area (Å²) >= 11 is 0. The lowest BCUT2D eigenvalue weighted by Crippen LogP contribution is -2.26. The van der Waals surface area contributed by atoms with Gasteiger partial charge >= 0.3 is 0 Å². The molecule has 0 aliphatic heterocycles. The van der Waals surface area contributed by atoms with E-state index >= 15 is 0 Å². The first-order valence-corrected chi connectivity index (χ1v) is 8.24. The van der Waals surface area contributed by atoms with E-state index in [2.05, 4.69) is 39.8 Å². The number of aryl methyl sites for hydroxylation is 2. The highest BCUT2D eigenvalue weighted by Gasteiger charge is 2.23. The van der Waals surface area contributed by atoms with E-state index in [0.29, 0.717) is 19.3 Å². The Kier molecular flexibility index (Phi) is 6.89. The molecule has 3 heteroatoms. The summed E-state index contributed by atoms with van der Waals surface area (Å²) in [4.78, 5) is 0. The first-order valence-electron chi connectivity index (χ1n) is 8.24. The average Bonchev–Trinajstić information content (AvgIpc) is 2.43. The summed E-state index contributed by atoms with van der Waals surface area (Å²) in [6.45, 7) is 10.6. The van der Waals surface area contributed by atoms with Gasteiger partial charge in [-0.2, -0.15) is 0 Å². The molecule has 2 unspecified atom stereocenters. The topological polar surface area (TPSA) is 49.7 Å². The minimum absolute atomic E-state index is 0.00640. The molecule has 0 fully saturated rings. The Morgan fingerprint density at radius 1 is 1.09 bits per heavy atom. The number of aliphatic hydroxyl groups excluding tert-OH is 2. The second-order valence-corrected chi connectivity index (χ2v) is 7.22. The molecule has 3 nitrogen and oxygen atoms in total. The van der Waals surface area contributed by atoms with Crippen molar-refractivity contribution >= 4 is 0 Å². The monoisotopic (exact) mass is 308 g/mol. The maximum atomic E-state index is 10.1. The highest BCUT2D eigenvalue weighted by molar-refractivity contribution is 5.48. The SMILES string of the molecule is CCCC(O)C(O)CCc1cc(C)cc(C(C)(C)C)c1OC. The predicted octanol–water partition coefficient (Wildman–Crippen LogP) is 3.76. The molecule has 1 aromatic rings. The van der Waals surface area contributed by atoms with Crippen LogP contribution in [0.3, 0.4) is 0 Å². The van der Waals surface area contributed by atoms with E-state index in [1.165, 1.54) is 11.1 Å². The number of benzene rings is 1. The Hall–Kier alpha value is -1.06. The normalized spacial score (nSPS) is 14.7. The van der Waals surface area contributed by atoms with E-state index in [-0.39, 0.29) is 5.41 Å². The van der Waals surface area contributed by atoms with Crippen LogP contribution < -0.4 is 4.74 Å². The standard InChI is InChI=1S/C19H32O3/c1-7-8-16(20)17(21)10-9-14-11-13(2)12-15(18(14)22-6)19(3,4)5/h11-12,16-17,20-21H,7-10H2,1-6H3. The molecule has 0 radical (unpaired) electrons. The molecular weight excluding hydrogens is 276 g/mol. The third kappa shape index (κ3) is 4.99.